The van der Waals surface area contributed by atoms with Crippen LogP contribution in [-0.2, 0) is 6.54 Å². The summed E-state index contributed by atoms with van der Waals surface area (Å²) in [5.74, 6) is 0.0234. The van der Waals surface area contributed by atoms with Crippen LogP contribution in [0.4, 0.5) is 13.2 Å². The number of nitrogens with one attached hydrogen (secondary N) is 1. The topological polar surface area (TPSA) is 29.9 Å². The summed E-state index contributed by atoms with van der Waals surface area (Å²) < 4.78 is 37.4. The van der Waals surface area contributed by atoms with E-state index in [9.17, 15) is 13.2 Å². The molecule has 1 rings (SSSR count). The summed E-state index contributed by atoms with van der Waals surface area (Å²) in [5, 5.41) is 7.30. The molecule has 0 saturated heterocycles. The third kappa shape index (κ3) is 5.77. The highest BCUT2D eigenvalue weighted by Crippen LogP contribution is 2.29. The van der Waals surface area contributed by atoms with E-state index in [0.717, 1.165) is 12.1 Å². The van der Waals surface area contributed by atoms with E-state index in [0.29, 0.717) is 19.1 Å². The molecule has 0 aliphatic rings. The van der Waals surface area contributed by atoms with Crippen molar-refractivity contribution >= 4 is 11.8 Å². The van der Waals surface area contributed by atoms with Crippen LogP contribution >= 0.6 is 11.8 Å². The van der Waals surface area contributed by atoms with E-state index < -0.39 is 5.51 Å². The maximum atomic E-state index is 11.9. The van der Waals surface area contributed by atoms with Gasteiger partial charge in [0.15, 0.2) is 0 Å². The Labute approximate surface area is 109 Å². The van der Waals surface area contributed by atoms with Crippen LogP contribution in [0.15, 0.2) is 12.3 Å². The molecular formula is C11H18F3N3S. The van der Waals surface area contributed by atoms with Crippen molar-refractivity contribution in [3.05, 3.63) is 18.0 Å². The molecule has 1 aromatic rings. The van der Waals surface area contributed by atoms with Crippen LogP contribution in [-0.4, -0.2) is 27.6 Å². The van der Waals surface area contributed by atoms with Crippen molar-refractivity contribution in [2.24, 2.45) is 0 Å². The highest BCUT2D eigenvalue weighted by atomic mass is 32.2. The Morgan fingerprint density at radius 2 is 2.22 bits per heavy atom. The standard InChI is InChI=1S/C11H18F3N3S/c1-3-9(2)17-6-4-10(16-17)8-15-5-7-18-11(12,13)14/h4,6,9,15H,3,5,7-8H2,1-2H3. The number of aromatic nitrogens is 2. The monoisotopic (exact) mass is 281 g/mol. The lowest BCUT2D eigenvalue weighted by atomic mass is 10.3. The molecule has 0 radical (unpaired) electrons. The van der Waals surface area contributed by atoms with Crippen LogP contribution in [0, 0.1) is 0 Å². The Hall–Kier alpha value is -0.690. The average Bonchev–Trinajstić information content (AvgIpc) is 2.75. The van der Waals surface area contributed by atoms with Crippen molar-refractivity contribution in [2.75, 3.05) is 12.3 Å². The molecule has 3 nitrogen and oxygen atoms in total. The van der Waals surface area contributed by atoms with Gasteiger partial charge in [-0.1, -0.05) is 6.92 Å². The molecule has 0 spiro atoms. The number of hydrogen-bond acceptors (Lipinski definition) is 3. The fourth-order valence-corrected chi connectivity index (χ4v) is 1.84. The molecule has 0 aromatic carbocycles. The molecular weight excluding hydrogens is 263 g/mol. The Morgan fingerprint density at radius 3 is 2.83 bits per heavy atom. The predicted octanol–water partition coefficient (Wildman–Crippen LogP) is 3.20. The normalized spacial score (nSPS) is 13.8. The highest BCUT2D eigenvalue weighted by Gasteiger charge is 2.27. The number of halogens is 3. The van der Waals surface area contributed by atoms with Gasteiger partial charge in [0, 0.05) is 31.1 Å². The fraction of sp³-hybridized carbons (Fsp3) is 0.727. The van der Waals surface area contributed by atoms with Crippen LogP contribution < -0.4 is 5.32 Å². The van der Waals surface area contributed by atoms with Gasteiger partial charge in [-0.2, -0.15) is 18.3 Å². The van der Waals surface area contributed by atoms with Crippen molar-refractivity contribution in [3.63, 3.8) is 0 Å². The molecule has 0 amide bonds. The second kappa shape index (κ2) is 7.04. The molecule has 1 unspecified atom stereocenters. The first kappa shape index (κ1) is 15.4. The first-order valence-electron chi connectivity index (χ1n) is 5.88. The maximum absolute atomic E-state index is 11.9. The summed E-state index contributed by atoms with van der Waals surface area (Å²) in [6.07, 6.45) is 2.90. The van der Waals surface area contributed by atoms with Gasteiger partial charge in [-0.25, -0.2) is 0 Å². The van der Waals surface area contributed by atoms with Gasteiger partial charge in [0.1, 0.15) is 0 Å². The minimum absolute atomic E-state index is 0.00568. The highest BCUT2D eigenvalue weighted by molar-refractivity contribution is 8.00. The van der Waals surface area contributed by atoms with Crippen LogP contribution in [0.25, 0.3) is 0 Å². The van der Waals surface area contributed by atoms with Crippen molar-refractivity contribution < 1.29 is 13.2 Å². The molecule has 0 fully saturated rings. The molecule has 1 N–H and O–H groups in total. The molecule has 0 aliphatic heterocycles. The van der Waals surface area contributed by atoms with E-state index in [1.165, 1.54) is 0 Å². The van der Waals surface area contributed by atoms with Gasteiger partial charge < -0.3 is 5.32 Å². The van der Waals surface area contributed by atoms with E-state index in [1.54, 1.807) is 0 Å². The molecule has 0 saturated carbocycles. The van der Waals surface area contributed by atoms with Crippen molar-refractivity contribution in [2.45, 2.75) is 38.4 Å². The Morgan fingerprint density at radius 1 is 1.50 bits per heavy atom. The molecule has 18 heavy (non-hydrogen) atoms. The Balaban J connectivity index is 2.22. The van der Waals surface area contributed by atoms with Gasteiger partial charge >= 0.3 is 5.51 Å². The molecule has 7 heteroatoms. The maximum Gasteiger partial charge on any atom is 0.441 e. The van der Waals surface area contributed by atoms with E-state index in [2.05, 4.69) is 24.3 Å². The minimum atomic E-state index is -4.14. The number of alkyl halides is 3. The molecule has 0 bridgehead atoms. The quantitative estimate of drug-likeness (QED) is 0.778. The molecule has 1 heterocycles. The van der Waals surface area contributed by atoms with E-state index >= 15 is 0 Å². The van der Waals surface area contributed by atoms with Gasteiger partial charge in [0.2, 0.25) is 0 Å². The zero-order valence-corrected chi connectivity index (χ0v) is 11.3. The van der Waals surface area contributed by atoms with Gasteiger partial charge in [-0.3, -0.25) is 4.68 Å². The number of nitrogens with zero attached hydrogens (tertiary/aromatic N) is 2. The number of hydrogen-bond donors (Lipinski definition) is 1. The zero-order chi connectivity index (χ0) is 13.6. The third-order valence-electron chi connectivity index (χ3n) is 2.56. The minimum Gasteiger partial charge on any atom is -0.310 e. The van der Waals surface area contributed by atoms with Crippen molar-refractivity contribution in [1.29, 1.82) is 0 Å². The number of thioether (sulfide) groups is 1. The second-order valence-electron chi connectivity index (χ2n) is 4.02. The van der Waals surface area contributed by atoms with Crippen LogP contribution in [0.5, 0.6) is 0 Å². The fourth-order valence-electron chi connectivity index (χ4n) is 1.36. The predicted molar refractivity (Wildman–Crippen MR) is 67.4 cm³/mol. The molecule has 1 atom stereocenters. The first-order chi connectivity index (χ1) is 8.42. The summed E-state index contributed by atoms with van der Waals surface area (Å²) in [6, 6.07) is 2.23. The van der Waals surface area contributed by atoms with Gasteiger partial charge in [-0.05, 0) is 31.2 Å². The summed E-state index contributed by atoms with van der Waals surface area (Å²) in [4.78, 5) is 0. The van der Waals surface area contributed by atoms with E-state index in [1.807, 2.05) is 16.9 Å². The van der Waals surface area contributed by atoms with Crippen LogP contribution in [0.2, 0.25) is 0 Å². The molecule has 1 aromatic heterocycles. The van der Waals surface area contributed by atoms with E-state index in [-0.39, 0.29) is 17.5 Å². The summed E-state index contributed by atoms with van der Waals surface area (Å²) >= 11 is -0.00568. The molecule has 0 aliphatic carbocycles. The zero-order valence-electron chi connectivity index (χ0n) is 10.5. The smallest absolute Gasteiger partial charge is 0.310 e. The second-order valence-corrected chi connectivity index (χ2v) is 5.18. The Bertz CT molecular complexity index is 352. The first-order valence-corrected chi connectivity index (χ1v) is 6.86. The lowest BCUT2D eigenvalue weighted by Gasteiger charge is -2.08. The van der Waals surface area contributed by atoms with Crippen molar-refractivity contribution in [3.8, 4) is 0 Å². The lowest BCUT2D eigenvalue weighted by Crippen LogP contribution is -2.19. The van der Waals surface area contributed by atoms with Gasteiger partial charge in [0.05, 0.1) is 5.69 Å². The third-order valence-corrected chi connectivity index (χ3v) is 3.29. The van der Waals surface area contributed by atoms with Crippen LogP contribution in [0.1, 0.15) is 32.0 Å². The SMILES string of the molecule is CCC(C)n1ccc(CNCCSC(F)(F)F)n1. The lowest BCUT2D eigenvalue weighted by molar-refractivity contribution is -0.0327. The van der Waals surface area contributed by atoms with Crippen molar-refractivity contribution in [1.82, 2.24) is 15.1 Å². The number of rotatable bonds is 7. The van der Waals surface area contributed by atoms with Gasteiger partial charge in [0.25, 0.3) is 0 Å². The van der Waals surface area contributed by atoms with Crippen LogP contribution in [0.3, 0.4) is 0 Å². The van der Waals surface area contributed by atoms with E-state index in [4.69, 9.17) is 0 Å². The average molecular weight is 281 g/mol. The summed E-state index contributed by atoms with van der Waals surface area (Å²) in [7, 11) is 0. The molecule has 104 valence electrons. The summed E-state index contributed by atoms with van der Waals surface area (Å²) in [6.45, 7) is 4.98. The van der Waals surface area contributed by atoms with Gasteiger partial charge in [-0.15, -0.1) is 0 Å². The largest absolute Gasteiger partial charge is 0.441 e. The Kier molecular flexibility index (Phi) is 6.01. The summed E-state index contributed by atoms with van der Waals surface area (Å²) in [5.41, 5.74) is -3.29.